The number of hydrogen-bond donors (Lipinski definition) is 3. The monoisotopic (exact) mass is 505 g/mol. The third-order valence-corrected chi connectivity index (χ3v) is 4.85. The van der Waals surface area contributed by atoms with Crippen molar-refractivity contribution in [3.8, 4) is 0 Å². The molecule has 1 atom stereocenters. The van der Waals surface area contributed by atoms with Gasteiger partial charge in [-0.15, -0.1) is 24.0 Å². The Kier molecular flexibility index (Phi) is 11.4. The second-order valence-electron chi connectivity index (χ2n) is 7.10. The average molecular weight is 505 g/mol. The van der Waals surface area contributed by atoms with Gasteiger partial charge >= 0.3 is 0 Å². The minimum absolute atomic E-state index is 0. The van der Waals surface area contributed by atoms with Crippen molar-refractivity contribution in [1.29, 1.82) is 0 Å². The fourth-order valence-electron chi connectivity index (χ4n) is 3.25. The zero-order chi connectivity index (χ0) is 19.6. The molecule has 1 saturated heterocycles. The summed E-state index contributed by atoms with van der Waals surface area (Å²) < 4.78 is 13.6. The van der Waals surface area contributed by atoms with E-state index in [0.29, 0.717) is 12.1 Å². The summed E-state index contributed by atoms with van der Waals surface area (Å²) in [6, 6.07) is 5.21. The predicted molar refractivity (Wildman–Crippen MR) is 122 cm³/mol. The van der Waals surface area contributed by atoms with Gasteiger partial charge in [0.25, 0.3) is 0 Å². The maximum absolute atomic E-state index is 13.6. The summed E-state index contributed by atoms with van der Waals surface area (Å²) in [5.74, 6) is 0.330. The van der Waals surface area contributed by atoms with Crippen molar-refractivity contribution >= 4 is 35.8 Å². The molecule has 0 radical (unpaired) electrons. The maximum atomic E-state index is 13.6. The molecule has 6 nitrogen and oxygen atoms in total. The highest BCUT2D eigenvalue weighted by atomic mass is 127. The minimum Gasteiger partial charge on any atom is -0.369 e. The molecule has 1 fully saturated rings. The van der Waals surface area contributed by atoms with E-state index in [4.69, 9.17) is 5.73 Å². The standard InChI is InChI=1S/C20H32FN5O.HI/c1-3-23-20(25-13-16-8-7-15(2)18(21)12-16)24-9-5-11-26-10-4-6-17(14-26)19(22)27;/h7-8,12,17H,3-6,9-11,13-14H2,1-2H3,(H2,22,27)(H2,23,24,25);1H. The summed E-state index contributed by atoms with van der Waals surface area (Å²) in [4.78, 5) is 18.2. The number of primary amides is 1. The van der Waals surface area contributed by atoms with E-state index in [0.717, 1.165) is 63.5 Å². The molecule has 1 aliphatic heterocycles. The van der Waals surface area contributed by atoms with Crippen LogP contribution in [0.15, 0.2) is 23.2 Å². The molecule has 158 valence electrons. The summed E-state index contributed by atoms with van der Waals surface area (Å²) in [5.41, 5.74) is 6.92. The van der Waals surface area contributed by atoms with Gasteiger partial charge in [-0.2, -0.15) is 0 Å². The number of carbonyl (C=O) groups excluding carboxylic acids is 1. The van der Waals surface area contributed by atoms with Gasteiger partial charge in [-0.05, 0) is 63.4 Å². The molecule has 1 aromatic carbocycles. The Balaban J connectivity index is 0.00000392. The largest absolute Gasteiger partial charge is 0.369 e. The summed E-state index contributed by atoms with van der Waals surface area (Å²) in [6.45, 7) is 8.46. The van der Waals surface area contributed by atoms with E-state index in [1.165, 1.54) is 6.07 Å². The Labute approximate surface area is 184 Å². The smallest absolute Gasteiger partial charge is 0.221 e. The number of carbonyl (C=O) groups is 1. The fourth-order valence-corrected chi connectivity index (χ4v) is 3.25. The summed E-state index contributed by atoms with van der Waals surface area (Å²) in [7, 11) is 0. The number of benzene rings is 1. The summed E-state index contributed by atoms with van der Waals surface area (Å²) in [5, 5.41) is 6.53. The number of nitrogens with one attached hydrogen (secondary N) is 2. The number of aryl methyl sites for hydroxylation is 1. The zero-order valence-electron chi connectivity index (χ0n) is 16.8. The molecule has 1 aliphatic rings. The molecular weight excluding hydrogens is 472 g/mol. The SMILES string of the molecule is CCNC(=NCc1ccc(C)c(F)c1)NCCCN1CCCC(C(N)=O)C1.I. The lowest BCUT2D eigenvalue weighted by Crippen LogP contribution is -2.43. The Morgan fingerprint density at radius 3 is 2.86 bits per heavy atom. The van der Waals surface area contributed by atoms with Gasteiger partial charge in [0, 0.05) is 19.6 Å². The number of nitrogens with zero attached hydrogens (tertiary/aromatic N) is 2. The van der Waals surface area contributed by atoms with Gasteiger partial charge in [0.15, 0.2) is 5.96 Å². The van der Waals surface area contributed by atoms with Crippen LogP contribution in [0.3, 0.4) is 0 Å². The molecule has 0 bridgehead atoms. The van der Waals surface area contributed by atoms with Gasteiger partial charge < -0.3 is 21.3 Å². The van der Waals surface area contributed by atoms with E-state index in [-0.39, 0.29) is 41.6 Å². The maximum Gasteiger partial charge on any atom is 0.221 e. The number of rotatable bonds is 8. The van der Waals surface area contributed by atoms with Crippen molar-refractivity contribution in [3.63, 3.8) is 0 Å². The normalized spacial score (nSPS) is 17.7. The van der Waals surface area contributed by atoms with Crippen LogP contribution in [0.25, 0.3) is 0 Å². The van der Waals surface area contributed by atoms with E-state index in [9.17, 15) is 9.18 Å². The number of aliphatic imine (C=N–C) groups is 1. The summed E-state index contributed by atoms with van der Waals surface area (Å²) >= 11 is 0. The number of likely N-dealkylation sites (tertiary alicyclic amines) is 1. The molecule has 0 spiro atoms. The van der Waals surface area contributed by atoms with Crippen LogP contribution < -0.4 is 16.4 Å². The van der Waals surface area contributed by atoms with E-state index in [1.807, 2.05) is 13.0 Å². The molecule has 2 rings (SSSR count). The molecular formula is C20H33FIN5O. The first-order chi connectivity index (χ1) is 13.0. The van der Waals surface area contributed by atoms with Gasteiger partial charge in [0.05, 0.1) is 12.5 Å². The Morgan fingerprint density at radius 1 is 1.39 bits per heavy atom. The van der Waals surface area contributed by atoms with Crippen LogP contribution in [0.2, 0.25) is 0 Å². The van der Waals surface area contributed by atoms with E-state index in [2.05, 4.69) is 20.5 Å². The second-order valence-corrected chi connectivity index (χ2v) is 7.10. The first-order valence-corrected chi connectivity index (χ1v) is 9.78. The van der Waals surface area contributed by atoms with Crippen molar-refractivity contribution in [2.45, 2.75) is 39.7 Å². The highest BCUT2D eigenvalue weighted by Crippen LogP contribution is 2.15. The molecule has 0 aromatic heterocycles. The lowest BCUT2D eigenvalue weighted by molar-refractivity contribution is -0.123. The first kappa shape index (κ1) is 24.6. The Morgan fingerprint density at radius 2 is 2.18 bits per heavy atom. The highest BCUT2D eigenvalue weighted by molar-refractivity contribution is 14.0. The molecule has 1 amide bonds. The van der Waals surface area contributed by atoms with E-state index >= 15 is 0 Å². The van der Waals surface area contributed by atoms with Crippen molar-refractivity contribution in [2.75, 3.05) is 32.7 Å². The lowest BCUT2D eigenvalue weighted by Gasteiger charge is -2.31. The molecule has 4 N–H and O–H groups in total. The Bertz CT molecular complexity index is 655. The Hall–Kier alpha value is -1.42. The third kappa shape index (κ3) is 8.30. The first-order valence-electron chi connectivity index (χ1n) is 9.78. The highest BCUT2D eigenvalue weighted by Gasteiger charge is 2.23. The van der Waals surface area contributed by atoms with Crippen LogP contribution in [0, 0.1) is 18.7 Å². The third-order valence-electron chi connectivity index (χ3n) is 4.85. The van der Waals surface area contributed by atoms with Crippen molar-refractivity contribution < 1.29 is 9.18 Å². The van der Waals surface area contributed by atoms with Crippen LogP contribution in [0.4, 0.5) is 4.39 Å². The van der Waals surface area contributed by atoms with Gasteiger partial charge in [0.2, 0.25) is 5.91 Å². The fraction of sp³-hybridized carbons (Fsp3) is 0.600. The molecule has 0 saturated carbocycles. The molecule has 1 unspecified atom stereocenters. The number of halogens is 2. The molecule has 28 heavy (non-hydrogen) atoms. The van der Waals surface area contributed by atoms with E-state index in [1.54, 1.807) is 13.0 Å². The summed E-state index contributed by atoms with van der Waals surface area (Å²) in [6.07, 6.45) is 2.88. The van der Waals surface area contributed by atoms with Crippen LogP contribution in [-0.2, 0) is 11.3 Å². The second kappa shape index (κ2) is 12.9. The molecule has 1 aromatic rings. The zero-order valence-corrected chi connectivity index (χ0v) is 19.2. The lowest BCUT2D eigenvalue weighted by atomic mass is 9.97. The van der Waals surface area contributed by atoms with Gasteiger partial charge in [0.1, 0.15) is 5.82 Å². The average Bonchev–Trinajstić information content (AvgIpc) is 2.66. The van der Waals surface area contributed by atoms with Crippen LogP contribution in [0.1, 0.15) is 37.3 Å². The quantitative estimate of drug-likeness (QED) is 0.219. The van der Waals surface area contributed by atoms with Crippen LogP contribution in [-0.4, -0.2) is 49.5 Å². The van der Waals surface area contributed by atoms with Crippen LogP contribution in [0.5, 0.6) is 0 Å². The van der Waals surface area contributed by atoms with Crippen molar-refractivity contribution in [3.05, 3.63) is 35.1 Å². The molecule has 1 heterocycles. The molecule has 8 heteroatoms. The van der Waals surface area contributed by atoms with Gasteiger partial charge in [-0.3, -0.25) is 4.79 Å². The van der Waals surface area contributed by atoms with Crippen molar-refractivity contribution in [1.82, 2.24) is 15.5 Å². The predicted octanol–water partition coefficient (Wildman–Crippen LogP) is 2.39. The van der Waals surface area contributed by atoms with Crippen molar-refractivity contribution in [2.24, 2.45) is 16.6 Å². The number of nitrogens with two attached hydrogens (primary N) is 1. The number of hydrogen-bond acceptors (Lipinski definition) is 3. The van der Waals surface area contributed by atoms with Crippen LogP contribution >= 0.6 is 24.0 Å². The minimum atomic E-state index is -0.198. The molecule has 0 aliphatic carbocycles. The van der Waals surface area contributed by atoms with Gasteiger partial charge in [-0.1, -0.05) is 12.1 Å². The van der Waals surface area contributed by atoms with Gasteiger partial charge in [-0.25, -0.2) is 9.38 Å². The topological polar surface area (TPSA) is 82.8 Å². The number of guanidine groups is 1. The number of amides is 1. The van der Waals surface area contributed by atoms with E-state index < -0.39 is 0 Å². The number of piperidine rings is 1.